The number of rotatable bonds is 4. The minimum absolute atomic E-state index is 0.174. The van der Waals surface area contributed by atoms with Crippen molar-refractivity contribution in [3.63, 3.8) is 0 Å². The van der Waals surface area contributed by atoms with Gasteiger partial charge in [0.05, 0.1) is 6.10 Å². The maximum atomic E-state index is 9.29. The molecule has 3 unspecified atom stereocenters. The molecular weight excluding hydrogens is 198 g/mol. The van der Waals surface area contributed by atoms with Crippen molar-refractivity contribution in [2.24, 2.45) is 16.7 Å². The second-order valence-electron chi connectivity index (χ2n) is 6.75. The van der Waals surface area contributed by atoms with Crippen molar-refractivity contribution in [3.8, 4) is 0 Å². The van der Waals surface area contributed by atoms with E-state index < -0.39 is 0 Å². The maximum Gasteiger partial charge on any atom is 0.0524 e. The summed E-state index contributed by atoms with van der Waals surface area (Å²) in [6.07, 6.45) is 4.82. The van der Waals surface area contributed by atoms with Crippen molar-refractivity contribution in [3.05, 3.63) is 0 Å². The summed E-state index contributed by atoms with van der Waals surface area (Å²) in [6, 6.07) is 0.667. The molecule has 2 aliphatic rings. The fraction of sp³-hybridized carbons (Fsp3) is 1.00. The van der Waals surface area contributed by atoms with Gasteiger partial charge in [-0.3, -0.25) is 0 Å². The number of aliphatic hydroxyl groups is 1. The molecule has 2 N–H and O–H groups in total. The second kappa shape index (κ2) is 3.99. The van der Waals surface area contributed by atoms with E-state index in [9.17, 15) is 5.11 Å². The molecule has 0 amide bonds. The number of aliphatic hydroxyl groups excluding tert-OH is 1. The summed E-state index contributed by atoms with van der Waals surface area (Å²) >= 11 is 0. The lowest BCUT2D eigenvalue weighted by Gasteiger charge is -2.39. The first-order valence-electron chi connectivity index (χ1n) is 6.79. The van der Waals surface area contributed by atoms with E-state index in [1.54, 1.807) is 0 Å². The van der Waals surface area contributed by atoms with Gasteiger partial charge in [-0.2, -0.15) is 0 Å². The van der Waals surface area contributed by atoms with Crippen LogP contribution in [0, 0.1) is 16.7 Å². The summed E-state index contributed by atoms with van der Waals surface area (Å²) in [4.78, 5) is 0. The number of hydrogen-bond acceptors (Lipinski definition) is 2. The van der Waals surface area contributed by atoms with E-state index in [-0.39, 0.29) is 6.10 Å². The first kappa shape index (κ1) is 12.4. The first-order chi connectivity index (χ1) is 7.38. The molecule has 2 nitrogen and oxygen atoms in total. The number of hydrogen-bond donors (Lipinski definition) is 2. The normalized spacial score (nSPS) is 42.6. The molecule has 0 heterocycles. The van der Waals surface area contributed by atoms with Gasteiger partial charge in [0.1, 0.15) is 0 Å². The average molecular weight is 225 g/mol. The Kier molecular flexibility index (Phi) is 3.09. The van der Waals surface area contributed by atoms with Gasteiger partial charge < -0.3 is 10.4 Å². The van der Waals surface area contributed by atoms with Gasteiger partial charge in [-0.05, 0) is 55.9 Å². The SMILES string of the molecule is CC(O)CCNC1CC2CC[C@@]1(C)C2(C)C. The third-order valence-electron chi connectivity index (χ3n) is 5.75. The Morgan fingerprint density at radius 1 is 1.38 bits per heavy atom. The standard InChI is InChI=1S/C14H27NO/c1-10(16)6-8-15-12-9-11-5-7-14(12,4)13(11,2)3/h10-12,15-16H,5-9H2,1-4H3/t10?,11?,12?,14-/m1/s1. The lowest BCUT2D eigenvalue weighted by atomic mass is 9.69. The van der Waals surface area contributed by atoms with Crippen LogP contribution in [0.2, 0.25) is 0 Å². The molecule has 2 fully saturated rings. The van der Waals surface area contributed by atoms with Crippen molar-refractivity contribution < 1.29 is 5.11 Å². The lowest BCUT2D eigenvalue weighted by Crippen LogP contribution is -2.45. The predicted octanol–water partition coefficient (Wildman–Crippen LogP) is 2.56. The quantitative estimate of drug-likeness (QED) is 0.770. The van der Waals surface area contributed by atoms with E-state index in [1.165, 1.54) is 19.3 Å². The maximum absolute atomic E-state index is 9.29. The molecule has 4 atom stereocenters. The van der Waals surface area contributed by atoms with Crippen molar-refractivity contribution in [2.45, 2.75) is 65.5 Å². The largest absolute Gasteiger partial charge is 0.393 e. The van der Waals surface area contributed by atoms with Crippen LogP contribution in [-0.2, 0) is 0 Å². The molecule has 2 rings (SSSR count). The zero-order valence-corrected chi connectivity index (χ0v) is 11.2. The Bertz CT molecular complexity index is 261. The zero-order chi connectivity index (χ0) is 12.0. The van der Waals surface area contributed by atoms with Crippen LogP contribution in [0.5, 0.6) is 0 Å². The topological polar surface area (TPSA) is 32.3 Å². The monoisotopic (exact) mass is 225 g/mol. The third kappa shape index (κ3) is 1.70. The minimum atomic E-state index is -0.174. The summed E-state index contributed by atoms with van der Waals surface area (Å²) in [5, 5.41) is 13.0. The van der Waals surface area contributed by atoms with Gasteiger partial charge in [0.2, 0.25) is 0 Å². The van der Waals surface area contributed by atoms with Gasteiger partial charge in [-0.15, -0.1) is 0 Å². The Labute approximate surface area is 99.8 Å². The van der Waals surface area contributed by atoms with Gasteiger partial charge in [0, 0.05) is 6.04 Å². The molecule has 0 aromatic rings. The van der Waals surface area contributed by atoms with Crippen LogP contribution in [0.15, 0.2) is 0 Å². The summed E-state index contributed by atoms with van der Waals surface area (Å²) in [7, 11) is 0. The smallest absolute Gasteiger partial charge is 0.0524 e. The van der Waals surface area contributed by atoms with Crippen molar-refractivity contribution in [2.75, 3.05) is 6.54 Å². The average Bonchev–Trinajstić information content (AvgIpc) is 2.49. The highest BCUT2D eigenvalue weighted by Crippen LogP contribution is 2.65. The van der Waals surface area contributed by atoms with Crippen LogP contribution >= 0.6 is 0 Å². The van der Waals surface area contributed by atoms with E-state index >= 15 is 0 Å². The van der Waals surface area contributed by atoms with Crippen LogP contribution in [0.1, 0.15) is 53.4 Å². The van der Waals surface area contributed by atoms with Gasteiger partial charge in [0.15, 0.2) is 0 Å². The number of nitrogens with one attached hydrogen (secondary N) is 1. The molecule has 0 aliphatic heterocycles. The summed E-state index contributed by atoms with van der Waals surface area (Å²) in [5.74, 6) is 0.904. The van der Waals surface area contributed by atoms with Gasteiger partial charge in [-0.25, -0.2) is 0 Å². The minimum Gasteiger partial charge on any atom is -0.393 e. The fourth-order valence-corrected chi connectivity index (χ4v) is 3.98. The summed E-state index contributed by atoms with van der Waals surface area (Å²) in [6.45, 7) is 10.2. The molecule has 0 aromatic heterocycles. The molecule has 2 aliphatic carbocycles. The van der Waals surface area contributed by atoms with Crippen molar-refractivity contribution in [1.82, 2.24) is 5.32 Å². The fourth-order valence-electron chi connectivity index (χ4n) is 3.98. The molecule has 0 radical (unpaired) electrons. The van der Waals surface area contributed by atoms with Gasteiger partial charge in [0.25, 0.3) is 0 Å². The second-order valence-corrected chi connectivity index (χ2v) is 6.75. The van der Waals surface area contributed by atoms with Crippen LogP contribution in [0.4, 0.5) is 0 Å². The van der Waals surface area contributed by atoms with Crippen molar-refractivity contribution >= 4 is 0 Å². The van der Waals surface area contributed by atoms with Crippen LogP contribution in [0.25, 0.3) is 0 Å². The summed E-state index contributed by atoms with van der Waals surface area (Å²) in [5.41, 5.74) is 0.964. The molecule has 0 aromatic carbocycles. The van der Waals surface area contributed by atoms with Gasteiger partial charge >= 0.3 is 0 Å². The predicted molar refractivity (Wildman–Crippen MR) is 67.3 cm³/mol. The lowest BCUT2D eigenvalue weighted by molar-refractivity contribution is 0.117. The molecule has 2 heteroatoms. The van der Waals surface area contributed by atoms with E-state index in [0.717, 1.165) is 18.9 Å². The first-order valence-corrected chi connectivity index (χ1v) is 6.79. The van der Waals surface area contributed by atoms with E-state index in [1.807, 2.05) is 6.92 Å². The highest BCUT2D eigenvalue weighted by molar-refractivity contribution is 5.12. The Morgan fingerprint density at radius 3 is 2.50 bits per heavy atom. The molecule has 2 saturated carbocycles. The molecule has 0 saturated heterocycles. The van der Waals surface area contributed by atoms with Gasteiger partial charge in [-0.1, -0.05) is 20.8 Å². The molecule has 94 valence electrons. The highest BCUT2D eigenvalue weighted by atomic mass is 16.3. The third-order valence-corrected chi connectivity index (χ3v) is 5.75. The van der Waals surface area contributed by atoms with Crippen LogP contribution < -0.4 is 5.32 Å². The van der Waals surface area contributed by atoms with Crippen LogP contribution in [0.3, 0.4) is 0 Å². The highest BCUT2D eigenvalue weighted by Gasteiger charge is 2.60. The molecular formula is C14H27NO. The van der Waals surface area contributed by atoms with E-state index in [4.69, 9.17) is 0 Å². The van der Waals surface area contributed by atoms with E-state index in [2.05, 4.69) is 26.1 Å². The molecule has 16 heavy (non-hydrogen) atoms. The zero-order valence-electron chi connectivity index (χ0n) is 11.2. The van der Waals surface area contributed by atoms with Crippen molar-refractivity contribution in [1.29, 1.82) is 0 Å². The Hall–Kier alpha value is -0.0800. The Morgan fingerprint density at radius 2 is 2.06 bits per heavy atom. The number of fused-ring (bicyclic) bond motifs is 2. The van der Waals surface area contributed by atoms with Crippen LogP contribution in [-0.4, -0.2) is 23.8 Å². The molecule has 0 spiro atoms. The Balaban J connectivity index is 1.94. The van der Waals surface area contributed by atoms with E-state index in [0.29, 0.717) is 16.9 Å². The summed E-state index contributed by atoms with van der Waals surface area (Å²) < 4.78 is 0. The molecule has 2 bridgehead atoms.